The van der Waals surface area contributed by atoms with E-state index < -0.39 is 198 Å². The van der Waals surface area contributed by atoms with Gasteiger partial charge in [-0.1, -0.05) is 0 Å². The molecule has 0 radical (unpaired) electrons. The average Bonchev–Trinajstić information content (AvgIpc) is 3.25. The lowest BCUT2D eigenvalue weighted by Crippen LogP contribution is -2.69. The van der Waals surface area contributed by atoms with Crippen molar-refractivity contribution in [2.75, 3.05) is 40.1 Å². The lowest BCUT2D eigenvalue weighted by atomic mass is 9.95. The second kappa shape index (κ2) is 22.6. The van der Waals surface area contributed by atoms with Gasteiger partial charge in [0.1, 0.15) is 122 Å². The summed E-state index contributed by atoms with van der Waals surface area (Å²) in [6, 6.07) is -3.08. The van der Waals surface area contributed by atoms with Crippen molar-refractivity contribution in [2.24, 2.45) is 0 Å². The number of aliphatic hydroxyl groups excluding tert-OH is 14. The third-order valence-electron chi connectivity index (χ3n) is 11.4. The Morgan fingerprint density at radius 3 is 1.21 bits per heavy atom. The smallest absolute Gasteiger partial charge is 0.217 e. The van der Waals surface area contributed by atoms with E-state index in [9.17, 15) is 81.1 Å². The van der Waals surface area contributed by atoms with Crippen molar-refractivity contribution in [2.45, 2.75) is 167 Å². The largest absolute Gasteiger partial charge is 0.394 e. The maximum atomic E-state index is 12.0. The molecule has 2 amide bonds. The Morgan fingerprint density at radius 2 is 0.810 bits per heavy atom. The quantitative estimate of drug-likeness (QED) is 0.0683. The van der Waals surface area contributed by atoms with E-state index in [-0.39, 0.29) is 0 Å². The Labute approximate surface area is 358 Å². The van der Waals surface area contributed by atoms with Gasteiger partial charge in [0.15, 0.2) is 31.5 Å². The molecule has 1 unspecified atom stereocenters. The van der Waals surface area contributed by atoms with Crippen LogP contribution in [0, 0.1) is 0 Å². The molecule has 5 heterocycles. The monoisotopic (exact) mass is 924 g/mol. The highest BCUT2D eigenvalue weighted by Crippen LogP contribution is 2.35. The second-order valence-electron chi connectivity index (χ2n) is 15.7. The van der Waals surface area contributed by atoms with Crippen LogP contribution in [0.15, 0.2) is 0 Å². The van der Waals surface area contributed by atoms with Gasteiger partial charge < -0.3 is 129 Å². The first kappa shape index (κ1) is 52.0. The molecule has 5 fully saturated rings. The van der Waals surface area contributed by atoms with Gasteiger partial charge in [-0.3, -0.25) is 9.59 Å². The van der Waals surface area contributed by atoms with Crippen molar-refractivity contribution in [1.29, 1.82) is 0 Å². The molecular weight excluding hydrogens is 864 g/mol. The number of methoxy groups -OCH3 is 1. The first-order valence-corrected chi connectivity index (χ1v) is 20.0. The Balaban J connectivity index is 1.39. The molecule has 28 heteroatoms. The zero-order chi connectivity index (χ0) is 46.6. The molecule has 0 aliphatic carbocycles. The van der Waals surface area contributed by atoms with E-state index in [4.69, 9.17) is 47.4 Å². The topological polar surface area (TPSA) is 434 Å². The van der Waals surface area contributed by atoms with Crippen LogP contribution in [0.25, 0.3) is 0 Å². The molecule has 0 aromatic rings. The Bertz CT molecular complexity index is 1460. The predicted molar refractivity (Wildman–Crippen MR) is 195 cm³/mol. The first-order valence-electron chi connectivity index (χ1n) is 20.0. The summed E-state index contributed by atoms with van der Waals surface area (Å²) in [6.07, 6.45) is -40.6. The summed E-state index contributed by atoms with van der Waals surface area (Å²) in [4.78, 5) is 24.1. The molecule has 63 heavy (non-hydrogen) atoms. The van der Waals surface area contributed by atoms with Crippen molar-refractivity contribution in [1.82, 2.24) is 10.6 Å². The molecule has 366 valence electrons. The lowest BCUT2D eigenvalue weighted by Gasteiger charge is -2.49. The fraction of sp³-hybridized carbons (Fsp3) is 0.943. The molecule has 5 rings (SSSR count). The van der Waals surface area contributed by atoms with Crippen LogP contribution in [0.1, 0.15) is 13.8 Å². The van der Waals surface area contributed by atoms with Gasteiger partial charge in [0.2, 0.25) is 11.8 Å². The molecule has 16 N–H and O–H groups in total. The van der Waals surface area contributed by atoms with Crippen molar-refractivity contribution >= 4 is 11.8 Å². The minimum absolute atomic E-state index is 0.711. The second-order valence-corrected chi connectivity index (χ2v) is 15.7. The van der Waals surface area contributed by atoms with Gasteiger partial charge in [-0.25, -0.2) is 0 Å². The highest BCUT2D eigenvalue weighted by Gasteiger charge is 2.56. The highest BCUT2D eigenvalue weighted by atomic mass is 16.8. The zero-order valence-corrected chi connectivity index (χ0v) is 34.1. The molecular formula is C35H60N2O26. The van der Waals surface area contributed by atoms with Crippen LogP contribution in [0.5, 0.6) is 0 Å². The number of hydrogen-bond donors (Lipinski definition) is 16. The fourth-order valence-electron chi connectivity index (χ4n) is 7.96. The van der Waals surface area contributed by atoms with E-state index in [0.717, 1.165) is 21.0 Å². The summed E-state index contributed by atoms with van der Waals surface area (Å²) >= 11 is 0. The van der Waals surface area contributed by atoms with E-state index in [1.165, 1.54) is 0 Å². The Morgan fingerprint density at radius 1 is 0.444 bits per heavy atom. The van der Waals surface area contributed by atoms with Gasteiger partial charge in [-0.15, -0.1) is 0 Å². The van der Waals surface area contributed by atoms with Gasteiger partial charge in [-0.05, 0) is 0 Å². The molecule has 5 aliphatic rings. The summed E-state index contributed by atoms with van der Waals surface area (Å²) in [6.45, 7) is -2.03. The zero-order valence-electron chi connectivity index (χ0n) is 34.1. The van der Waals surface area contributed by atoms with Gasteiger partial charge in [-0.2, -0.15) is 0 Å². The van der Waals surface area contributed by atoms with Gasteiger partial charge >= 0.3 is 0 Å². The summed E-state index contributed by atoms with van der Waals surface area (Å²) in [5, 5.41) is 153. The van der Waals surface area contributed by atoms with E-state index in [1.54, 1.807) is 0 Å². The lowest BCUT2D eigenvalue weighted by molar-refractivity contribution is -0.386. The predicted octanol–water partition coefficient (Wildman–Crippen LogP) is -11.0. The normalized spacial score (nSPS) is 48.4. The van der Waals surface area contributed by atoms with Crippen molar-refractivity contribution < 1.29 is 128 Å². The van der Waals surface area contributed by atoms with E-state index in [1.807, 2.05) is 0 Å². The van der Waals surface area contributed by atoms with Gasteiger partial charge in [0, 0.05) is 21.0 Å². The molecule has 0 spiro atoms. The molecule has 28 nitrogen and oxygen atoms in total. The molecule has 0 saturated carbocycles. The number of hydrogen-bond acceptors (Lipinski definition) is 26. The summed E-state index contributed by atoms with van der Waals surface area (Å²) in [5.41, 5.74) is 0. The third-order valence-corrected chi connectivity index (χ3v) is 11.4. The highest BCUT2D eigenvalue weighted by molar-refractivity contribution is 5.73. The average molecular weight is 925 g/mol. The van der Waals surface area contributed by atoms with Crippen molar-refractivity contribution in [3.8, 4) is 0 Å². The maximum absolute atomic E-state index is 12.0. The minimum atomic E-state index is -2.11. The number of aliphatic hydroxyl groups is 14. The van der Waals surface area contributed by atoms with Crippen LogP contribution in [0.2, 0.25) is 0 Å². The molecule has 25 atom stereocenters. The van der Waals surface area contributed by atoms with E-state index >= 15 is 0 Å². The van der Waals surface area contributed by atoms with Gasteiger partial charge in [0.25, 0.3) is 0 Å². The van der Waals surface area contributed by atoms with Gasteiger partial charge in [0.05, 0.1) is 33.0 Å². The van der Waals surface area contributed by atoms with Crippen LogP contribution in [0.4, 0.5) is 0 Å². The molecule has 0 bridgehead atoms. The Hall–Kier alpha value is -2.02. The number of nitrogens with one attached hydrogen (secondary N) is 2. The molecule has 5 saturated heterocycles. The number of ether oxygens (including phenoxy) is 10. The number of carbonyl (C=O) groups is 2. The minimum Gasteiger partial charge on any atom is -0.394 e. The number of rotatable bonds is 16. The van der Waals surface area contributed by atoms with Crippen LogP contribution in [-0.2, 0) is 57.0 Å². The van der Waals surface area contributed by atoms with Crippen molar-refractivity contribution in [3.05, 3.63) is 0 Å². The van der Waals surface area contributed by atoms with Crippen LogP contribution in [0.3, 0.4) is 0 Å². The maximum Gasteiger partial charge on any atom is 0.217 e. The molecule has 5 aliphatic heterocycles. The van der Waals surface area contributed by atoms with E-state index in [2.05, 4.69) is 10.6 Å². The van der Waals surface area contributed by atoms with Crippen molar-refractivity contribution in [3.63, 3.8) is 0 Å². The fourth-order valence-corrected chi connectivity index (χ4v) is 7.96. The van der Waals surface area contributed by atoms with Crippen LogP contribution >= 0.6 is 0 Å². The molecule has 0 aromatic carbocycles. The standard InChI is InChI=1S/C35H60N2O26/c1-9(42)36-16-22(48)18(44)11(4-38)57-32(16)62-29-24(50)20(46)13(6-40)59-34(29)55-8-15-27(54-3)28(26(52)31(53)56-15)61-35-30(25(51)21(47)14(7-41)60-35)63-33-17(37-10(2)43)23(49)19(45)12(5-39)58-33/h11-35,38-41,44-53H,4-8H2,1-3H3,(H,36,42)(H,37,43)/t11-,12-,13-,14-,15-,16-,17-,18-,19-,20-,21-,22-,23-,24+,25+,26+,27-,28-,29+,30+,31?,32+,33+,34+,35-/m1/s1. The van der Waals surface area contributed by atoms with Crippen LogP contribution in [-0.4, -0.2) is 277 Å². The summed E-state index contributed by atoms with van der Waals surface area (Å²) in [5.74, 6) is -1.44. The number of carbonyl (C=O) groups excluding carboxylic acids is 2. The van der Waals surface area contributed by atoms with E-state index in [0.29, 0.717) is 0 Å². The third kappa shape index (κ3) is 11.4. The first-order chi connectivity index (χ1) is 29.8. The Kier molecular flexibility index (Phi) is 18.7. The molecule has 0 aromatic heterocycles. The van der Waals surface area contributed by atoms with Crippen LogP contribution < -0.4 is 10.6 Å². The number of amides is 2. The summed E-state index contributed by atoms with van der Waals surface area (Å²) in [7, 11) is 1.12. The SMILES string of the molecule is CO[C@H]1[C@H](O[C@H]2O[C@H](CO)[C@@H](O)[C@H](O)[C@@H]2O[C@@H]2O[C@H](CO)[C@@H](O)[C@H](O)[C@H]2NC(C)=O)[C@H](O)C(O)O[C@@H]1CO[C@H]1O[C@H](CO)[C@@H](O)[C@H](O)[C@@H]1O[C@@H]1O[C@H](CO)[C@@H](O)[C@H](O)[C@H]1NC(C)=O. The summed E-state index contributed by atoms with van der Waals surface area (Å²) < 4.78 is 57.5.